The second kappa shape index (κ2) is 8.91. The average molecular weight is 390 g/mol. The highest BCUT2D eigenvalue weighted by atomic mass is 16.5. The molecule has 3 aromatic rings. The normalized spacial score (nSPS) is 16.0. The second-order valence-corrected chi connectivity index (χ2v) is 7.09. The van der Waals surface area contributed by atoms with Crippen molar-refractivity contribution in [2.24, 2.45) is 5.92 Å². The minimum absolute atomic E-state index is 0.121. The van der Waals surface area contributed by atoms with E-state index in [9.17, 15) is 4.79 Å². The Hall–Kier alpha value is -3.14. The molecule has 0 spiro atoms. The Morgan fingerprint density at radius 3 is 2.90 bits per heavy atom. The maximum Gasteiger partial charge on any atom is 0.274 e. The third-order valence-corrected chi connectivity index (χ3v) is 5.01. The van der Waals surface area contributed by atoms with E-state index in [2.05, 4.69) is 40.7 Å². The van der Waals surface area contributed by atoms with E-state index >= 15 is 0 Å². The number of terminal acetylenes is 1. The molecule has 1 aromatic heterocycles. The number of rotatable bonds is 7. The number of aromatic nitrogens is 1. The van der Waals surface area contributed by atoms with Crippen LogP contribution in [0.5, 0.6) is 0 Å². The van der Waals surface area contributed by atoms with E-state index in [4.69, 9.17) is 20.4 Å². The van der Waals surface area contributed by atoms with Crippen molar-refractivity contribution in [2.75, 3.05) is 19.8 Å². The van der Waals surface area contributed by atoms with E-state index in [1.165, 1.54) is 5.39 Å². The highest BCUT2D eigenvalue weighted by Gasteiger charge is 2.22. The van der Waals surface area contributed by atoms with Crippen LogP contribution >= 0.6 is 0 Å². The summed E-state index contributed by atoms with van der Waals surface area (Å²) in [6.45, 7) is 2.47. The summed E-state index contributed by atoms with van der Waals surface area (Å²) in [7, 11) is 0. The number of carbonyl (C=O) groups excluding carboxylic acids is 1. The number of hydrogen-bond donors (Lipinski definition) is 1. The summed E-state index contributed by atoms with van der Waals surface area (Å²) in [5.41, 5.74) is 1.50. The summed E-state index contributed by atoms with van der Waals surface area (Å²) in [5.74, 6) is 2.87. The summed E-state index contributed by atoms with van der Waals surface area (Å²) in [6.07, 6.45) is 6.53. The zero-order valence-electron chi connectivity index (χ0n) is 16.0. The van der Waals surface area contributed by atoms with Gasteiger partial charge in [0.25, 0.3) is 5.91 Å². The fourth-order valence-electron chi connectivity index (χ4n) is 3.38. The molecule has 1 N–H and O–H groups in total. The van der Waals surface area contributed by atoms with Crippen LogP contribution in [-0.2, 0) is 22.7 Å². The number of hydrogen-bond acceptors (Lipinski definition) is 5. The molecular formula is C23H22N2O4. The lowest BCUT2D eigenvalue weighted by Crippen LogP contribution is -2.30. The van der Waals surface area contributed by atoms with Crippen LogP contribution in [0, 0.1) is 18.3 Å². The van der Waals surface area contributed by atoms with Gasteiger partial charge in [0.2, 0.25) is 0 Å². The van der Waals surface area contributed by atoms with Gasteiger partial charge in [0.15, 0.2) is 11.5 Å². The van der Waals surface area contributed by atoms with Gasteiger partial charge in [0.05, 0.1) is 13.2 Å². The fraction of sp³-hybridized carbons (Fsp3) is 0.304. The molecule has 2 heterocycles. The molecule has 0 aliphatic carbocycles. The first-order valence-corrected chi connectivity index (χ1v) is 9.61. The molecule has 2 aromatic carbocycles. The topological polar surface area (TPSA) is 73.6 Å². The van der Waals surface area contributed by atoms with Crippen molar-refractivity contribution in [3.05, 3.63) is 65.0 Å². The molecule has 1 unspecified atom stereocenters. The largest absolute Gasteiger partial charge is 0.381 e. The molecule has 0 saturated carbocycles. The van der Waals surface area contributed by atoms with Crippen LogP contribution in [0.1, 0.15) is 33.8 Å². The number of carbonyl (C=O) groups is 1. The number of benzene rings is 2. The van der Waals surface area contributed by atoms with Crippen LogP contribution in [0.15, 0.2) is 47.0 Å². The molecule has 29 heavy (non-hydrogen) atoms. The van der Waals surface area contributed by atoms with Crippen molar-refractivity contribution in [3.8, 4) is 12.3 Å². The molecule has 1 amide bonds. The molecule has 1 atom stereocenters. The first-order chi connectivity index (χ1) is 14.2. The third kappa shape index (κ3) is 4.48. The van der Waals surface area contributed by atoms with Gasteiger partial charge in [0.1, 0.15) is 12.2 Å². The third-order valence-electron chi connectivity index (χ3n) is 5.01. The first kappa shape index (κ1) is 19.2. The Labute approximate surface area is 169 Å². The van der Waals surface area contributed by atoms with E-state index < -0.39 is 0 Å². The lowest BCUT2D eigenvalue weighted by atomic mass is 10.1. The van der Waals surface area contributed by atoms with Crippen LogP contribution < -0.4 is 5.32 Å². The lowest BCUT2D eigenvalue weighted by molar-refractivity contribution is 0.0876. The maximum atomic E-state index is 12.4. The molecule has 0 bridgehead atoms. The van der Waals surface area contributed by atoms with Gasteiger partial charge in [-0.2, -0.15) is 0 Å². The molecule has 148 valence electrons. The Morgan fingerprint density at radius 1 is 1.24 bits per heavy atom. The first-order valence-electron chi connectivity index (χ1n) is 9.61. The molecule has 1 aliphatic heterocycles. The van der Waals surface area contributed by atoms with Gasteiger partial charge in [-0.15, -0.1) is 6.42 Å². The van der Waals surface area contributed by atoms with Gasteiger partial charge >= 0.3 is 0 Å². The van der Waals surface area contributed by atoms with E-state index in [1.54, 1.807) is 0 Å². The molecule has 0 radical (unpaired) electrons. The van der Waals surface area contributed by atoms with Crippen molar-refractivity contribution in [3.63, 3.8) is 0 Å². The molecule has 4 rings (SSSR count). The molecule has 1 aliphatic rings. The van der Waals surface area contributed by atoms with E-state index in [1.807, 2.05) is 18.2 Å². The van der Waals surface area contributed by atoms with Crippen LogP contribution in [0.4, 0.5) is 0 Å². The lowest BCUT2D eigenvalue weighted by Gasteiger charge is -2.08. The van der Waals surface area contributed by atoms with Crippen molar-refractivity contribution in [1.29, 1.82) is 0 Å². The van der Waals surface area contributed by atoms with Gasteiger partial charge in [0, 0.05) is 19.1 Å². The predicted octanol–water partition coefficient (Wildman–Crippen LogP) is 3.29. The Bertz CT molecular complexity index is 1040. The number of ether oxygens (including phenoxy) is 2. The number of fused-ring (bicyclic) bond motifs is 1. The van der Waals surface area contributed by atoms with Crippen LogP contribution in [0.25, 0.3) is 10.8 Å². The van der Waals surface area contributed by atoms with Gasteiger partial charge in [-0.1, -0.05) is 47.5 Å². The standard InChI is InChI=1S/C23H22N2O4/c1-2-20-21(29-25-22(20)23(26)24-12-17-9-10-27-14-17)15-28-13-16-7-8-18-5-3-4-6-19(18)11-16/h1,3-8,11,17H,9-10,12-15H2,(H,24,26). The van der Waals surface area contributed by atoms with E-state index in [0.29, 0.717) is 37.0 Å². The Kier molecular flexibility index (Phi) is 5.89. The highest BCUT2D eigenvalue weighted by molar-refractivity contribution is 5.94. The van der Waals surface area contributed by atoms with E-state index in [-0.39, 0.29) is 18.2 Å². The molecule has 6 heteroatoms. The quantitative estimate of drug-likeness (QED) is 0.627. The number of amides is 1. The summed E-state index contributed by atoms with van der Waals surface area (Å²) >= 11 is 0. The van der Waals surface area contributed by atoms with Gasteiger partial charge in [-0.25, -0.2) is 0 Å². The second-order valence-electron chi connectivity index (χ2n) is 7.09. The number of nitrogens with zero attached hydrogens (tertiary/aromatic N) is 1. The van der Waals surface area contributed by atoms with Gasteiger partial charge in [-0.3, -0.25) is 4.79 Å². The SMILES string of the molecule is C#Cc1c(C(=O)NCC2CCOC2)noc1COCc1ccc2ccccc2c1. The average Bonchev–Trinajstić information content (AvgIpc) is 3.41. The van der Waals surface area contributed by atoms with Gasteiger partial charge in [-0.05, 0) is 28.8 Å². The summed E-state index contributed by atoms with van der Waals surface area (Å²) < 4.78 is 16.4. The smallest absolute Gasteiger partial charge is 0.274 e. The molecule has 1 fully saturated rings. The van der Waals surface area contributed by atoms with Crippen molar-refractivity contribution < 1.29 is 18.8 Å². The number of nitrogens with one attached hydrogen (secondary N) is 1. The molecular weight excluding hydrogens is 368 g/mol. The monoisotopic (exact) mass is 390 g/mol. The van der Waals surface area contributed by atoms with Crippen molar-refractivity contribution in [1.82, 2.24) is 10.5 Å². The molecule has 6 nitrogen and oxygen atoms in total. The summed E-state index contributed by atoms with van der Waals surface area (Å²) in [6, 6.07) is 14.3. The maximum absolute atomic E-state index is 12.4. The van der Waals surface area contributed by atoms with Crippen molar-refractivity contribution in [2.45, 2.75) is 19.6 Å². The minimum atomic E-state index is -0.339. The molecule has 1 saturated heterocycles. The van der Waals surface area contributed by atoms with Crippen LogP contribution in [0.2, 0.25) is 0 Å². The minimum Gasteiger partial charge on any atom is -0.381 e. The van der Waals surface area contributed by atoms with Crippen molar-refractivity contribution >= 4 is 16.7 Å². The zero-order valence-corrected chi connectivity index (χ0v) is 16.0. The summed E-state index contributed by atoms with van der Waals surface area (Å²) in [5, 5.41) is 9.05. The van der Waals surface area contributed by atoms with E-state index in [0.717, 1.165) is 24.0 Å². The van der Waals surface area contributed by atoms with Crippen LogP contribution in [0.3, 0.4) is 0 Å². The Morgan fingerprint density at radius 2 is 2.10 bits per heavy atom. The Balaban J connectivity index is 1.35. The fourth-order valence-corrected chi connectivity index (χ4v) is 3.38. The van der Waals surface area contributed by atoms with Gasteiger partial charge < -0.3 is 19.3 Å². The van der Waals surface area contributed by atoms with Crippen LogP contribution in [-0.4, -0.2) is 30.8 Å². The summed E-state index contributed by atoms with van der Waals surface area (Å²) in [4.78, 5) is 12.4. The zero-order chi connectivity index (χ0) is 20.1. The highest BCUT2D eigenvalue weighted by Crippen LogP contribution is 2.19. The predicted molar refractivity (Wildman–Crippen MR) is 108 cm³/mol.